The van der Waals surface area contributed by atoms with Gasteiger partial charge in [0.05, 0.1) is 0 Å². The molecule has 0 aliphatic rings. The number of aryl methyl sites for hydroxylation is 1. The zero-order chi connectivity index (χ0) is 9.42. The van der Waals surface area contributed by atoms with Crippen LogP contribution in [0.15, 0.2) is 17.2 Å². The predicted octanol–water partition coefficient (Wildman–Crippen LogP) is 0.456. The molecular formula is C7H6N4OS. The van der Waals surface area contributed by atoms with Crippen molar-refractivity contribution in [2.45, 2.75) is 6.92 Å². The van der Waals surface area contributed by atoms with Crippen LogP contribution in [0.1, 0.15) is 5.69 Å². The van der Waals surface area contributed by atoms with Crippen molar-refractivity contribution in [1.29, 1.82) is 0 Å². The number of aromatic amines is 1. The Bertz CT molecular complexity index is 570. The molecule has 0 bridgehead atoms. The predicted molar refractivity (Wildman–Crippen MR) is 49.2 cm³/mol. The average Bonchev–Trinajstić information content (AvgIpc) is 2.02. The minimum absolute atomic E-state index is 0.189. The molecule has 0 fully saturated rings. The first-order valence-electron chi connectivity index (χ1n) is 3.62. The second kappa shape index (κ2) is 2.74. The van der Waals surface area contributed by atoms with E-state index in [2.05, 4.69) is 15.0 Å². The molecule has 1 N–H and O–H groups in total. The highest BCUT2D eigenvalue weighted by Crippen LogP contribution is 1.96. The third-order valence-corrected chi connectivity index (χ3v) is 1.97. The van der Waals surface area contributed by atoms with Gasteiger partial charge in [-0.05, 0) is 19.1 Å². The Morgan fingerprint density at radius 1 is 1.54 bits per heavy atom. The van der Waals surface area contributed by atoms with Crippen molar-refractivity contribution >= 4 is 18.0 Å². The first-order valence-corrected chi connectivity index (χ1v) is 4.03. The molecule has 2 aromatic rings. The quantitative estimate of drug-likeness (QED) is 0.619. The lowest BCUT2D eigenvalue weighted by atomic mass is 10.4. The van der Waals surface area contributed by atoms with Gasteiger partial charge in [0.15, 0.2) is 0 Å². The molecule has 66 valence electrons. The van der Waals surface area contributed by atoms with Gasteiger partial charge < -0.3 is 0 Å². The Balaban J connectivity index is 3.12. The Morgan fingerprint density at radius 3 is 3.08 bits per heavy atom. The number of nitrogens with zero attached hydrogens (tertiary/aromatic N) is 3. The van der Waals surface area contributed by atoms with Crippen LogP contribution < -0.4 is 5.56 Å². The number of hydrogen-bond donors (Lipinski definition) is 1. The minimum atomic E-state index is -0.189. The summed E-state index contributed by atoms with van der Waals surface area (Å²) < 4.78 is 2.00. The standard InChI is InChI=1S/C7H6N4OS/c1-4-2-5(12)10-6-8-3-9-7(13)11(4)6/h2-3H,1H3,(H,8,9,10,12,13). The van der Waals surface area contributed by atoms with Crippen molar-refractivity contribution in [2.75, 3.05) is 0 Å². The molecule has 0 saturated heterocycles. The zero-order valence-corrected chi connectivity index (χ0v) is 7.63. The van der Waals surface area contributed by atoms with E-state index in [1.165, 1.54) is 12.4 Å². The van der Waals surface area contributed by atoms with E-state index in [1.54, 1.807) is 11.3 Å². The summed E-state index contributed by atoms with van der Waals surface area (Å²) in [5.74, 6) is 0.421. The first kappa shape index (κ1) is 8.06. The number of rotatable bonds is 0. The van der Waals surface area contributed by atoms with Crippen LogP contribution in [0.2, 0.25) is 0 Å². The van der Waals surface area contributed by atoms with Gasteiger partial charge in [-0.1, -0.05) is 0 Å². The average molecular weight is 194 g/mol. The van der Waals surface area contributed by atoms with Gasteiger partial charge in [-0.25, -0.2) is 9.97 Å². The molecule has 13 heavy (non-hydrogen) atoms. The van der Waals surface area contributed by atoms with Gasteiger partial charge in [0.25, 0.3) is 5.56 Å². The Kier molecular flexibility index (Phi) is 1.70. The summed E-state index contributed by atoms with van der Waals surface area (Å²) in [6.07, 6.45) is 1.33. The highest BCUT2D eigenvalue weighted by Gasteiger charge is 1.99. The molecule has 2 rings (SSSR count). The summed E-state index contributed by atoms with van der Waals surface area (Å²) in [6.45, 7) is 1.78. The first-order chi connectivity index (χ1) is 6.18. The molecule has 0 atom stereocenters. The summed E-state index contributed by atoms with van der Waals surface area (Å²) in [5, 5.41) is 0. The van der Waals surface area contributed by atoms with E-state index in [9.17, 15) is 4.79 Å². The molecular weight excluding hydrogens is 188 g/mol. The third kappa shape index (κ3) is 1.25. The van der Waals surface area contributed by atoms with Crippen LogP contribution in [0.4, 0.5) is 0 Å². The van der Waals surface area contributed by atoms with Gasteiger partial charge in [-0.2, -0.15) is 0 Å². The fourth-order valence-electron chi connectivity index (χ4n) is 1.15. The van der Waals surface area contributed by atoms with Crippen LogP contribution in [-0.4, -0.2) is 19.4 Å². The molecule has 0 unspecified atom stereocenters. The van der Waals surface area contributed by atoms with Crippen molar-refractivity contribution in [3.63, 3.8) is 0 Å². The minimum Gasteiger partial charge on any atom is -0.292 e. The molecule has 0 aliphatic heterocycles. The zero-order valence-electron chi connectivity index (χ0n) is 6.81. The van der Waals surface area contributed by atoms with Gasteiger partial charge in [0.1, 0.15) is 6.33 Å². The molecule has 0 saturated carbocycles. The maximum Gasteiger partial charge on any atom is 0.252 e. The van der Waals surface area contributed by atoms with Crippen molar-refractivity contribution in [3.8, 4) is 0 Å². The third-order valence-electron chi connectivity index (χ3n) is 1.68. The smallest absolute Gasteiger partial charge is 0.252 e. The largest absolute Gasteiger partial charge is 0.292 e. The Morgan fingerprint density at radius 2 is 2.31 bits per heavy atom. The molecule has 0 amide bonds. The Hall–Kier alpha value is -1.56. The number of hydrogen-bond acceptors (Lipinski definition) is 4. The fourth-order valence-corrected chi connectivity index (χ4v) is 1.42. The molecule has 0 aromatic carbocycles. The maximum atomic E-state index is 11.1. The molecule has 5 nitrogen and oxygen atoms in total. The van der Waals surface area contributed by atoms with E-state index >= 15 is 0 Å². The van der Waals surface area contributed by atoms with Crippen LogP contribution in [0.5, 0.6) is 0 Å². The summed E-state index contributed by atoms with van der Waals surface area (Å²) in [7, 11) is 0. The van der Waals surface area contributed by atoms with Crippen molar-refractivity contribution < 1.29 is 0 Å². The summed E-state index contributed by atoms with van der Waals surface area (Å²) in [4.78, 5) is 21.3. The van der Waals surface area contributed by atoms with Gasteiger partial charge in [-0.3, -0.25) is 14.2 Å². The summed E-state index contributed by atoms with van der Waals surface area (Å²) in [5.41, 5.74) is 0.537. The van der Waals surface area contributed by atoms with E-state index in [-0.39, 0.29) is 5.56 Å². The molecule has 2 aromatic heterocycles. The van der Waals surface area contributed by atoms with E-state index in [4.69, 9.17) is 12.2 Å². The molecule has 6 heteroatoms. The van der Waals surface area contributed by atoms with E-state index in [0.29, 0.717) is 10.5 Å². The number of fused-ring (bicyclic) bond motifs is 1. The molecule has 2 heterocycles. The van der Waals surface area contributed by atoms with Crippen LogP contribution in [0, 0.1) is 11.7 Å². The summed E-state index contributed by atoms with van der Waals surface area (Å²) in [6, 6.07) is 1.45. The van der Waals surface area contributed by atoms with Crippen molar-refractivity contribution in [2.24, 2.45) is 0 Å². The lowest BCUT2D eigenvalue weighted by Gasteiger charge is -2.01. The molecule has 0 radical (unpaired) electrons. The van der Waals surface area contributed by atoms with E-state index in [1.807, 2.05) is 0 Å². The number of aromatic nitrogens is 4. The highest BCUT2D eigenvalue weighted by molar-refractivity contribution is 7.71. The number of nitrogens with one attached hydrogen (secondary N) is 1. The van der Waals surface area contributed by atoms with Crippen LogP contribution in [0.3, 0.4) is 0 Å². The Labute approximate surface area is 78.1 Å². The fraction of sp³-hybridized carbons (Fsp3) is 0.143. The van der Waals surface area contributed by atoms with Gasteiger partial charge in [0, 0.05) is 11.8 Å². The molecule has 0 aliphatic carbocycles. The van der Waals surface area contributed by atoms with Gasteiger partial charge in [0.2, 0.25) is 10.5 Å². The van der Waals surface area contributed by atoms with Crippen LogP contribution in [-0.2, 0) is 0 Å². The monoisotopic (exact) mass is 194 g/mol. The van der Waals surface area contributed by atoms with Crippen molar-refractivity contribution in [1.82, 2.24) is 19.4 Å². The van der Waals surface area contributed by atoms with E-state index in [0.717, 1.165) is 5.69 Å². The van der Waals surface area contributed by atoms with Gasteiger partial charge >= 0.3 is 0 Å². The number of H-pyrrole nitrogens is 1. The topological polar surface area (TPSA) is 63.0 Å². The second-order valence-corrected chi connectivity index (χ2v) is 2.96. The maximum absolute atomic E-state index is 11.1. The van der Waals surface area contributed by atoms with E-state index < -0.39 is 0 Å². The highest BCUT2D eigenvalue weighted by atomic mass is 32.1. The SMILES string of the molecule is Cc1cc(=O)[nH]c2ncnc(=S)n12. The second-order valence-electron chi connectivity index (χ2n) is 2.59. The normalized spacial score (nSPS) is 10.5. The molecule has 0 spiro atoms. The van der Waals surface area contributed by atoms with Crippen molar-refractivity contribution in [3.05, 3.63) is 33.2 Å². The lowest BCUT2D eigenvalue weighted by Crippen LogP contribution is -2.12. The van der Waals surface area contributed by atoms with Gasteiger partial charge in [-0.15, -0.1) is 0 Å². The van der Waals surface area contributed by atoms with Crippen LogP contribution in [0.25, 0.3) is 5.78 Å². The van der Waals surface area contributed by atoms with Crippen LogP contribution >= 0.6 is 12.2 Å². The summed E-state index contributed by atoms with van der Waals surface area (Å²) >= 11 is 4.97. The lowest BCUT2D eigenvalue weighted by molar-refractivity contribution is 0.902.